The van der Waals surface area contributed by atoms with Crippen molar-refractivity contribution in [1.82, 2.24) is 9.21 Å². The van der Waals surface area contributed by atoms with E-state index in [1.165, 1.54) is 9.21 Å². The standard InChI is InChI=1S/C17H22N2O5S/c1-12-3-4-13(2)14(11-12)25(23,24)19-9-7-18(8-10-19)15(20)17(5-6-17)16(21)22/h3-4,11H,5-10H2,1-2H3,(H,21,22). The molecule has 0 radical (unpaired) electrons. The lowest BCUT2D eigenvalue weighted by atomic mass is 10.1. The van der Waals surface area contributed by atoms with Gasteiger partial charge in [0, 0.05) is 26.2 Å². The molecule has 1 amide bonds. The first-order chi connectivity index (χ1) is 11.7. The molecule has 1 aromatic carbocycles. The Labute approximate surface area is 147 Å². The van der Waals surface area contributed by atoms with Crippen LogP contribution in [-0.2, 0) is 19.6 Å². The number of amides is 1. The molecular formula is C17H22N2O5S. The van der Waals surface area contributed by atoms with Gasteiger partial charge in [0.1, 0.15) is 5.41 Å². The van der Waals surface area contributed by atoms with E-state index in [-0.39, 0.29) is 37.0 Å². The summed E-state index contributed by atoms with van der Waals surface area (Å²) in [6, 6.07) is 5.31. The van der Waals surface area contributed by atoms with Crippen molar-refractivity contribution in [3.8, 4) is 0 Å². The summed E-state index contributed by atoms with van der Waals surface area (Å²) in [6.45, 7) is 4.40. The molecule has 7 nitrogen and oxygen atoms in total. The molecule has 0 aromatic heterocycles. The first-order valence-electron chi connectivity index (χ1n) is 8.29. The van der Waals surface area contributed by atoms with E-state index < -0.39 is 21.4 Å². The summed E-state index contributed by atoms with van der Waals surface area (Å²) in [6.07, 6.45) is 0.727. The molecule has 1 aliphatic heterocycles. The second-order valence-corrected chi connectivity index (χ2v) is 8.76. The van der Waals surface area contributed by atoms with Crippen LogP contribution in [0.1, 0.15) is 24.0 Å². The molecule has 8 heteroatoms. The van der Waals surface area contributed by atoms with Gasteiger partial charge in [0.05, 0.1) is 4.90 Å². The van der Waals surface area contributed by atoms with E-state index in [4.69, 9.17) is 0 Å². The summed E-state index contributed by atoms with van der Waals surface area (Å²) >= 11 is 0. The number of benzene rings is 1. The number of rotatable bonds is 4. The Morgan fingerprint density at radius 2 is 1.68 bits per heavy atom. The van der Waals surface area contributed by atoms with Crippen molar-refractivity contribution in [2.24, 2.45) is 5.41 Å². The summed E-state index contributed by atoms with van der Waals surface area (Å²) < 4.78 is 27.1. The second kappa shape index (κ2) is 6.10. The molecule has 0 atom stereocenters. The topological polar surface area (TPSA) is 95.0 Å². The molecule has 1 saturated carbocycles. The van der Waals surface area contributed by atoms with E-state index >= 15 is 0 Å². The van der Waals surface area contributed by atoms with Gasteiger partial charge in [-0.2, -0.15) is 4.31 Å². The van der Waals surface area contributed by atoms with Gasteiger partial charge in [-0.3, -0.25) is 9.59 Å². The number of piperazine rings is 1. The van der Waals surface area contributed by atoms with Crippen LogP contribution in [-0.4, -0.2) is 60.8 Å². The van der Waals surface area contributed by atoms with Gasteiger partial charge in [-0.25, -0.2) is 8.42 Å². The zero-order valence-corrected chi connectivity index (χ0v) is 15.2. The largest absolute Gasteiger partial charge is 0.480 e. The van der Waals surface area contributed by atoms with E-state index in [1.54, 1.807) is 19.1 Å². The van der Waals surface area contributed by atoms with Crippen LogP contribution >= 0.6 is 0 Å². The Kier molecular flexibility index (Phi) is 4.36. The molecule has 136 valence electrons. The minimum atomic E-state index is -3.62. The van der Waals surface area contributed by atoms with Crippen LogP contribution in [0.2, 0.25) is 0 Å². The average molecular weight is 366 g/mol. The van der Waals surface area contributed by atoms with Crippen molar-refractivity contribution in [2.45, 2.75) is 31.6 Å². The smallest absolute Gasteiger partial charge is 0.319 e. The van der Waals surface area contributed by atoms with Crippen LogP contribution < -0.4 is 0 Å². The summed E-state index contributed by atoms with van der Waals surface area (Å²) in [5, 5.41) is 9.24. The van der Waals surface area contributed by atoms with Crippen LogP contribution in [0.3, 0.4) is 0 Å². The van der Waals surface area contributed by atoms with Gasteiger partial charge in [0.15, 0.2) is 0 Å². The molecule has 1 saturated heterocycles. The number of hydrogen-bond donors (Lipinski definition) is 1. The number of carboxylic acid groups (broad SMARTS) is 1. The van der Waals surface area contributed by atoms with Crippen LogP contribution in [0, 0.1) is 19.3 Å². The molecule has 1 aliphatic carbocycles. The van der Waals surface area contributed by atoms with Crippen molar-refractivity contribution in [2.75, 3.05) is 26.2 Å². The lowest BCUT2D eigenvalue weighted by Crippen LogP contribution is -2.53. The summed E-state index contributed by atoms with van der Waals surface area (Å²) in [4.78, 5) is 25.5. The van der Waals surface area contributed by atoms with Gasteiger partial charge in [0.2, 0.25) is 15.9 Å². The van der Waals surface area contributed by atoms with Crippen LogP contribution in [0.5, 0.6) is 0 Å². The first-order valence-corrected chi connectivity index (χ1v) is 9.73. The van der Waals surface area contributed by atoms with Crippen LogP contribution in [0.4, 0.5) is 0 Å². The lowest BCUT2D eigenvalue weighted by molar-refractivity contribution is -0.154. The Morgan fingerprint density at radius 3 is 2.20 bits per heavy atom. The highest BCUT2D eigenvalue weighted by molar-refractivity contribution is 7.89. The molecule has 2 fully saturated rings. The third-order valence-corrected chi connectivity index (χ3v) is 7.10. The Hall–Kier alpha value is -1.93. The highest BCUT2D eigenvalue weighted by atomic mass is 32.2. The fourth-order valence-electron chi connectivity index (χ4n) is 3.20. The predicted octanol–water partition coefficient (Wildman–Crippen LogP) is 1.00. The molecule has 25 heavy (non-hydrogen) atoms. The highest BCUT2D eigenvalue weighted by Crippen LogP contribution is 2.47. The minimum Gasteiger partial charge on any atom is -0.480 e. The SMILES string of the molecule is Cc1ccc(C)c(S(=O)(=O)N2CCN(C(=O)C3(C(=O)O)CC3)CC2)c1. The maximum absolute atomic E-state index is 12.9. The Bertz CT molecular complexity index is 821. The highest BCUT2D eigenvalue weighted by Gasteiger charge is 2.58. The van der Waals surface area contributed by atoms with E-state index in [2.05, 4.69) is 0 Å². The number of hydrogen-bond acceptors (Lipinski definition) is 4. The van der Waals surface area contributed by atoms with Crippen molar-refractivity contribution in [3.05, 3.63) is 29.3 Å². The predicted molar refractivity (Wildman–Crippen MR) is 90.6 cm³/mol. The Balaban J connectivity index is 1.73. The second-order valence-electron chi connectivity index (χ2n) is 6.85. The summed E-state index contributed by atoms with van der Waals surface area (Å²) in [5.41, 5.74) is 0.288. The van der Waals surface area contributed by atoms with Crippen molar-refractivity contribution < 1.29 is 23.1 Å². The summed E-state index contributed by atoms with van der Waals surface area (Å²) in [7, 11) is -3.62. The van der Waals surface area contributed by atoms with Gasteiger partial charge in [-0.15, -0.1) is 0 Å². The van der Waals surface area contributed by atoms with Gasteiger partial charge in [0.25, 0.3) is 0 Å². The zero-order valence-electron chi connectivity index (χ0n) is 14.4. The number of carbonyl (C=O) groups is 2. The molecule has 2 aliphatic rings. The van der Waals surface area contributed by atoms with Gasteiger partial charge >= 0.3 is 5.97 Å². The molecule has 1 aromatic rings. The third kappa shape index (κ3) is 3.04. The molecule has 1 heterocycles. The normalized spacial score (nSPS) is 20.3. The monoisotopic (exact) mass is 366 g/mol. The minimum absolute atomic E-state index is 0.178. The Morgan fingerprint density at radius 1 is 1.08 bits per heavy atom. The van der Waals surface area contributed by atoms with Gasteiger partial charge < -0.3 is 10.0 Å². The number of sulfonamides is 1. The molecule has 0 bridgehead atoms. The first kappa shape index (κ1) is 17.9. The van der Waals surface area contributed by atoms with Gasteiger partial charge in [-0.1, -0.05) is 12.1 Å². The van der Waals surface area contributed by atoms with E-state index in [1.807, 2.05) is 13.0 Å². The average Bonchev–Trinajstić information content (AvgIpc) is 3.38. The molecule has 0 unspecified atom stereocenters. The van der Waals surface area contributed by atoms with Gasteiger partial charge in [-0.05, 0) is 43.9 Å². The molecule has 3 rings (SSSR count). The quantitative estimate of drug-likeness (QED) is 0.802. The molecular weight excluding hydrogens is 344 g/mol. The number of carbonyl (C=O) groups excluding carboxylic acids is 1. The number of aryl methyl sites for hydroxylation is 2. The number of carboxylic acids is 1. The van der Waals surface area contributed by atoms with Crippen LogP contribution in [0.25, 0.3) is 0 Å². The van der Waals surface area contributed by atoms with E-state index in [9.17, 15) is 23.1 Å². The van der Waals surface area contributed by atoms with Crippen LogP contribution in [0.15, 0.2) is 23.1 Å². The maximum Gasteiger partial charge on any atom is 0.319 e. The van der Waals surface area contributed by atoms with Crippen molar-refractivity contribution in [1.29, 1.82) is 0 Å². The lowest BCUT2D eigenvalue weighted by Gasteiger charge is -2.35. The van der Waals surface area contributed by atoms with Crippen molar-refractivity contribution in [3.63, 3.8) is 0 Å². The van der Waals surface area contributed by atoms with E-state index in [0.717, 1.165) is 5.56 Å². The molecule has 1 N–H and O–H groups in total. The maximum atomic E-state index is 12.9. The number of nitrogens with zero attached hydrogens (tertiary/aromatic N) is 2. The number of aliphatic carboxylic acids is 1. The van der Waals surface area contributed by atoms with Crippen molar-refractivity contribution >= 4 is 21.9 Å². The molecule has 0 spiro atoms. The zero-order chi connectivity index (χ0) is 18.4. The fraction of sp³-hybridized carbons (Fsp3) is 0.529. The summed E-state index contributed by atoms with van der Waals surface area (Å²) in [5.74, 6) is -1.47. The fourth-order valence-corrected chi connectivity index (χ4v) is 4.93. The van der Waals surface area contributed by atoms with E-state index in [0.29, 0.717) is 18.4 Å². The third-order valence-electron chi connectivity index (χ3n) is 5.06.